The molecule has 0 radical (unpaired) electrons. The number of aromatic amines is 1. The van der Waals surface area contributed by atoms with Crippen molar-refractivity contribution in [3.63, 3.8) is 0 Å². The number of aromatic nitrogens is 6. The third kappa shape index (κ3) is 3.82. The van der Waals surface area contributed by atoms with E-state index >= 15 is 0 Å². The molecule has 0 saturated heterocycles. The number of amidine groups is 1. The Morgan fingerprint density at radius 1 is 1.33 bits per heavy atom. The van der Waals surface area contributed by atoms with Crippen LogP contribution in [0.3, 0.4) is 0 Å². The number of benzene rings is 1. The Morgan fingerprint density at radius 2 is 2.22 bits per heavy atom. The van der Waals surface area contributed by atoms with Crippen molar-refractivity contribution >= 4 is 33.5 Å². The summed E-state index contributed by atoms with van der Waals surface area (Å²) in [4.78, 5) is 13.2. The molecule has 0 amide bonds. The van der Waals surface area contributed by atoms with Gasteiger partial charge in [-0.25, -0.2) is 9.98 Å². The molecule has 0 aliphatic carbocycles. The summed E-state index contributed by atoms with van der Waals surface area (Å²) >= 11 is 1.21. The van der Waals surface area contributed by atoms with Crippen molar-refractivity contribution in [3.05, 3.63) is 60.3 Å². The van der Waals surface area contributed by atoms with E-state index in [1.165, 1.54) is 11.8 Å². The predicted octanol–water partition coefficient (Wildman–Crippen LogP) is 2.98. The minimum Gasteiger partial charge on any atom is -0.378 e. The largest absolute Gasteiger partial charge is 0.378 e. The maximum atomic E-state index is 5.98. The molecule has 0 saturated carbocycles. The lowest BCUT2D eigenvalue weighted by Gasteiger charge is -2.09. The number of aliphatic imine (C=N–C) groups is 1. The van der Waals surface area contributed by atoms with Crippen molar-refractivity contribution in [1.29, 1.82) is 0 Å². The van der Waals surface area contributed by atoms with E-state index in [0.29, 0.717) is 16.0 Å². The Kier molecular flexibility index (Phi) is 4.59. The SMILES string of the molecule is C[C@@H](c1ccc2ncccc2c1)c1nc(SC(N)=Nc2cnn(C)c2)n[nH]1. The fourth-order valence-corrected chi connectivity index (χ4v) is 3.30. The number of nitrogens with zero attached hydrogens (tertiary/aromatic N) is 6. The number of aryl methyl sites for hydroxylation is 1. The summed E-state index contributed by atoms with van der Waals surface area (Å²) in [6.45, 7) is 2.08. The molecule has 3 heterocycles. The molecule has 8 nitrogen and oxygen atoms in total. The molecule has 0 unspecified atom stereocenters. The quantitative estimate of drug-likeness (QED) is 0.321. The Hall–Kier alpha value is -3.20. The molecule has 0 bridgehead atoms. The van der Waals surface area contributed by atoms with E-state index in [0.717, 1.165) is 22.3 Å². The molecule has 4 aromatic rings. The fraction of sp³-hybridized carbons (Fsp3) is 0.167. The van der Waals surface area contributed by atoms with Gasteiger partial charge in [-0.15, -0.1) is 5.10 Å². The average molecular weight is 378 g/mol. The van der Waals surface area contributed by atoms with Crippen LogP contribution in [-0.4, -0.2) is 35.1 Å². The van der Waals surface area contributed by atoms with Crippen LogP contribution in [0.2, 0.25) is 0 Å². The van der Waals surface area contributed by atoms with Crippen LogP contribution < -0.4 is 5.73 Å². The Bertz CT molecular complexity index is 1110. The summed E-state index contributed by atoms with van der Waals surface area (Å²) < 4.78 is 1.67. The van der Waals surface area contributed by atoms with Crippen LogP contribution in [0.25, 0.3) is 10.9 Å². The van der Waals surface area contributed by atoms with Gasteiger partial charge in [-0.3, -0.25) is 14.8 Å². The predicted molar refractivity (Wildman–Crippen MR) is 106 cm³/mol. The monoisotopic (exact) mass is 378 g/mol. The molecule has 3 N–H and O–H groups in total. The Labute approximate surface area is 159 Å². The van der Waals surface area contributed by atoms with Gasteiger partial charge in [-0.1, -0.05) is 19.1 Å². The molecule has 0 aliphatic heterocycles. The van der Waals surface area contributed by atoms with E-state index in [9.17, 15) is 0 Å². The topological polar surface area (TPSA) is 111 Å². The third-order valence-corrected chi connectivity index (χ3v) is 4.81. The Balaban J connectivity index is 1.51. The van der Waals surface area contributed by atoms with Crippen LogP contribution in [0.1, 0.15) is 24.2 Å². The Morgan fingerprint density at radius 3 is 3.04 bits per heavy atom. The lowest BCUT2D eigenvalue weighted by Crippen LogP contribution is -2.06. The zero-order valence-electron chi connectivity index (χ0n) is 14.9. The second kappa shape index (κ2) is 7.20. The average Bonchev–Trinajstić information content (AvgIpc) is 3.29. The van der Waals surface area contributed by atoms with Gasteiger partial charge in [0.2, 0.25) is 5.16 Å². The van der Waals surface area contributed by atoms with E-state index in [-0.39, 0.29) is 5.92 Å². The highest BCUT2D eigenvalue weighted by molar-refractivity contribution is 8.13. The first kappa shape index (κ1) is 17.2. The summed E-state index contributed by atoms with van der Waals surface area (Å²) in [7, 11) is 1.83. The highest BCUT2D eigenvalue weighted by Crippen LogP contribution is 2.26. The van der Waals surface area contributed by atoms with E-state index in [2.05, 4.69) is 55.4 Å². The van der Waals surface area contributed by atoms with Gasteiger partial charge in [-0.05, 0) is 35.5 Å². The van der Waals surface area contributed by atoms with Gasteiger partial charge < -0.3 is 5.73 Å². The van der Waals surface area contributed by atoms with Crippen LogP contribution in [0.5, 0.6) is 0 Å². The van der Waals surface area contributed by atoms with E-state index in [1.54, 1.807) is 23.3 Å². The second-order valence-corrected chi connectivity index (χ2v) is 7.09. The highest BCUT2D eigenvalue weighted by Gasteiger charge is 2.15. The van der Waals surface area contributed by atoms with Crippen LogP contribution in [-0.2, 0) is 7.05 Å². The molecule has 0 aliphatic rings. The minimum absolute atomic E-state index is 0.0629. The number of pyridine rings is 1. The summed E-state index contributed by atoms with van der Waals surface area (Å²) in [5.74, 6) is 0.836. The molecule has 27 heavy (non-hydrogen) atoms. The van der Waals surface area contributed by atoms with Gasteiger partial charge in [-0.2, -0.15) is 5.10 Å². The van der Waals surface area contributed by atoms with Crippen molar-refractivity contribution in [1.82, 2.24) is 29.9 Å². The summed E-state index contributed by atoms with van der Waals surface area (Å²) in [6.07, 6.45) is 5.23. The van der Waals surface area contributed by atoms with Crippen molar-refractivity contribution in [3.8, 4) is 0 Å². The van der Waals surface area contributed by atoms with Crippen LogP contribution in [0, 0.1) is 0 Å². The molecule has 1 aromatic carbocycles. The normalized spacial score (nSPS) is 13.2. The summed E-state index contributed by atoms with van der Waals surface area (Å²) in [5, 5.41) is 13.3. The van der Waals surface area contributed by atoms with Crippen molar-refractivity contribution < 1.29 is 0 Å². The molecule has 136 valence electrons. The first-order valence-corrected chi connectivity index (χ1v) is 9.18. The number of fused-ring (bicyclic) bond motifs is 1. The zero-order valence-corrected chi connectivity index (χ0v) is 15.7. The van der Waals surface area contributed by atoms with Crippen LogP contribution in [0.4, 0.5) is 5.69 Å². The summed E-state index contributed by atoms with van der Waals surface area (Å²) in [5.41, 5.74) is 8.78. The van der Waals surface area contributed by atoms with E-state index in [1.807, 2.05) is 19.2 Å². The molecular formula is C18H18N8S. The first-order chi connectivity index (χ1) is 13.1. The van der Waals surface area contributed by atoms with Crippen LogP contribution >= 0.6 is 11.8 Å². The number of nitrogens with two attached hydrogens (primary N) is 1. The van der Waals surface area contributed by atoms with Gasteiger partial charge >= 0.3 is 0 Å². The molecule has 9 heteroatoms. The number of H-pyrrole nitrogens is 1. The second-order valence-electron chi connectivity index (χ2n) is 6.10. The lowest BCUT2D eigenvalue weighted by atomic mass is 9.99. The fourth-order valence-electron chi connectivity index (χ4n) is 2.73. The zero-order chi connectivity index (χ0) is 18.8. The number of hydrogen-bond acceptors (Lipinski definition) is 6. The van der Waals surface area contributed by atoms with Gasteiger partial charge in [0.1, 0.15) is 11.5 Å². The van der Waals surface area contributed by atoms with Gasteiger partial charge in [0.15, 0.2) is 5.17 Å². The molecule has 3 aromatic heterocycles. The maximum absolute atomic E-state index is 5.98. The number of hydrogen-bond donors (Lipinski definition) is 2. The number of thioether (sulfide) groups is 1. The number of nitrogens with one attached hydrogen (secondary N) is 1. The van der Waals surface area contributed by atoms with Crippen LogP contribution in [0.15, 0.2) is 59.1 Å². The van der Waals surface area contributed by atoms with E-state index in [4.69, 9.17) is 5.73 Å². The molecule has 0 fully saturated rings. The highest BCUT2D eigenvalue weighted by atomic mass is 32.2. The van der Waals surface area contributed by atoms with Crippen molar-refractivity contribution in [2.24, 2.45) is 17.8 Å². The van der Waals surface area contributed by atoms with Crippen molar-refractivity contribution in [2.75, 3.05) is 0 Å². The lowest BCUT2D eigenvalue weighted by molar-refractivity contribution is 0.768. The standard InChI is InChI=1S/C18H18N8S/c1-11(12-5-6-15-13(8-12)4-3-7-20-15)16-23-18(25-24-16)27-17(19)22-14-9-21-26(2)10-14/h3-11H,1-2H3,(H2,19,22)(H,23,24,25)/t11-/m0/s1. The third-order valence-electron chi connectivity index (χ3n) is 4.15. The number of rotatable bonds is 4. The smallest absolute Gasteiger partial charge is 0.216 e. The van der Waals surface area contributed by atoms with Gasteiger partial charge in [0, 0.05) is 24.5 Å². The van der Waals surface area contributed by atoms with Gasteiger partial charge in [0.05, 0.1) is 17.9 Å². The minimum atomic E-state index is 0.0629. The maximum Gasteiger partial charge on any atom is 0.216 e. The first-order valence-electron chi connectivity index (χ1n) is 8.36. The van der Waals surface area contributed by atoms with Gasteiger partial charge in [0.25, 0.3) is 0 Å². The molecular weight excluding hydrogens is 360 g/mol. The van der Waals surface area contributed by atoms with E-state index < -0.39 is 0 Å². The molecule has 1 atom stereocenters. The summed E-state index contributed by atoms with van der Waals surface area (Å²) in [6, 6.07) is 10.2. The molecule has 0 spiro atoms. The molecule has 4 rings (SSSR count). The van der Waals surface area contributed by atoms with Crippen molar-refractivity contribution in [2.45, 2.75) is 18.0 Å².